The summed E-state index contributed by atoms with van der Waals surface area (Å²) in [6.07, 6.45) is 1.06. The van der Waals surface area contributed by atoms with Gasteiger partial charge in [-0.2, -0.15) is 0 Å². The van der Waals surface area contributed by atoms with E-state index in [-0.39, 0.29) is 16.2 Å². The first-order valence-electron chi connectivity index (χ1n) is 3.69. The molecule has 0 aliphatic heterocycles. The third kappa shape index (κ3) is 1.24. The van der Waals surface area contributed by atoms with E-state index in [1.165, 1.54) is 6.07 Å². The van der Waals surface area contributed by atoms with Crippen molar-refractivity contribution in [2.45, 2.75) is 0 Å². The van der Waals surface area contributed by atoms with Gasteiger partial charge < -0.3 is 9.52 Å². The SMILES string of the molecule is O=C(O)c1coc2cc(F)c(Cl)cc12. The van der Waals surface area contributed by atoms with Gasteiger partial charge in [0.1, 0.15) is 23.2 Å². The average Bonchev–Trinajstić information content (AvgIpc) is 2.48. The lowest BCUT2D eigenvalue weighted by Crippen LogP contribution is -1.93. The summed E-state index contributed by atoms with van der Waals surface area (Å²) in [4.78, 5) is 10.7. The standard InChI is InChI=1S/C9H4ClFO3/c10-6-1-4-5(9(12)13)3-14-8(4)2-7(6)11/h1-3H,(H,12,13). The first-order chi connectivity index (χ1) is 6.59. The van der Waals surface area contributed by atoms with Crippen LogP contribution in [0.2, 0.25) is 5.02 Å². The third-order valence-corrected chi connectivity index (χ3v) is 2.14. The molecule has 0 spiro atoms. The van der Waals surface area contributed by atoms with E-state index in [1.54, 1.807) is 0 Å². The van der Waals surface area contributed by atoms with Crippen LogP contribution in [0.5, 0.6) is 0 Å². The Balaban J connectivity index is 2.80. The zero-order valence-corrected chi connectivity index (χ0v) is 7.51. The van der Waals surface area contributed by atoms with Gasteiger partial charge >= 0.3 is 5.97 Å². The minimum Gasteiger partial charge on any atom is -0.478 e. The number of furan rings is 1. The van der Waals surface area contributed by atoms with Gasteiger partial charge in [-0.1, -0.05) is 11.6 Å². The first-order valence-corrected chi connectivity index (χ1v) is 4.07. The van der Waals surface area contributed by atoms with Crippen LogP contribution < -0.4 is 0 Å². The summed E-state index contributed by atoms with van der Waals surface area (Å²) in [6, 6.07) is 2.29. The molecule has 72 valence electrons. The summed E-state index contributed by atoms with van der Waals surface area (Å²) in [5, 5.41) is 8.91. The van der Waals surface area contributed by atoms with Crippen LogP contribution in [-0.2, 0) is 0 Å². The van der Waals surface area contributed by atoms with Gasteiger partial charge in [0.2, 0.25) is 0 Å². The summed E-state index contributed by atoms with van der Waals surface area (Å²) < 4.78 is 17.8. The lowest BCUT2D eigenvalue weighted by Gasteiger charge is -1.94. The molecule has 0 amide bonds. The summed E-state index contributed by atoms with van der Waals surface area (Å²) >= 11 is 5.51. The Bertz CT molecular complexity index is 518. The predicted octanol–water partition coefficient (Wildman–Crippen LogP) is 2.92. The maximum absolute atomic E-state index is 12.9. The fourth-order valence-corrected chi connectivity index (χ4v) is 1.35. The van der Waals surface area contributed by atoms with Crippen LogP contribution in [0.25, 0.3) is 11.0 Å². The van der Waals surface area contributed by atoms with E-state index in [0.29, 0.717) is 5.39 Å². The van der Waals surface area contributed by atoms with Gasteiger partial charge in [0.05, 0.1) is 5.02 Å². The van der Waals surface area contributed by atoms with Crippen LogP contribution in [0.1, 0.15) is 10.4 Å². The molecule has 3 nitrogen and oxygen atoms in total. The molecule has 0 aliphatic rings. The summed E-state index contributed by atoms with van der Waals surface area (Å²) in [7, 11) is 0. The van der Waals surface area contributed by atoms with Gasteiger partial charge in [0.25, 0.3) is 0 Å². The van der Waals surface area contributed by atoms with Crippen molar-refractivity contribution in [3.05, 3.63) is 34.8 Å². The number of benzene rings is 1. The molecule has 1 aromatic heterocycles. The fourth-order valence-electron chi connectivity index (χ4n) is 1.19. The number of carboxylic acids is 1. The molecular formula is C9H4ClFO3. The molecular weight excluding hydrogens is 211 g/mol. The van der Waals surface area contributed by atoms with Crippen molar-refractivity contribution in [2.75, 3.05) is 0 Å². The van der Waals surface area contributed by atoms with Crippen molar-refractivity contribution in [1.82, 2.24) is 0 Å². The Morgan fingerprint density at radius 1 is 1.50 bits per heavy atom. The molecule has 0 bridgehead atoms. The Morgan fingerprint density at radius 2 is 2.21 bits per heavy atom. The number of hydrogen-bond donors (Lipinski definition) is 1. The highest BCUT2D eigenvalue weighted by Crippen LogP contribution is 2.26. The Labute approximate surface area is 82.7 Å². The first kappa shape index (κ1) is 9.02. The zero-order chi connectivity index (χ0) is 10.3. The molecule has 0 atom stereocenters. The van der Waals surface area contributed by atoms with E-state index in [1.807, 2.05) is 0 Å². The van der Waals surface area contributed by atoms with Crippen molar-refractivity contribution < 1.29 is 18.7 Å². The van der Waals surface area contributed by atoms with Crippen molar-refractivity contribution in [3.8, 4) is 0 Å². The monoisotopic (exact) mass is 214 g/mol. The number of carboxylic acid groups (broad SMARTS) is 1. The molecule has 0 radical (unpaired) electrons. The molecule has 14 heavy (non-hydrogen) atoms. The molecule has 2 aromatic rings. The van der Waals surface area contributed by atoms with Crippen molar-refractivity contribution >= 4 is 28.5 Å². The lowest BCUT2D eigenvalue weighted by molar-refractivity contribution is 0.0698. The molecule has 2 rings (SSSR count). The number of hydrogen-bond acceptors (Lipinski definition) is 2. The molecule has 0 aliphatic carbocycles. The van der Waals surface area contributed by atoms with Crippen molar-refractivity contribution in [3.63, 3.8) is 0 Å². The largest absolute Gasteiger partial charge is 0.478 e. The highest BCUT2D eigenvalue weighted by Gasteiger charge is 2.14. The van der Waals surface area contributed by atoms with E-state index in [9.17, 15) is 9.18 Å². The van der Waals surface area contributed by atoms with E-state index in [2.05, 4.69) is 0 Å². The fraction of sp³-hybridized carbons (Fsp3) is 0. The highest BCUT2D eigenvalue weighted by molar-refractivity contribution is 6.31. The second-order valence-corrected chi connectivity index (χ2v) is 3.12. The van der Waals surface area contributed by atoms with E-state index in [4.69, 9.17) is 21.1 Å². The van der Waals surface area contributed by atoms with E-state index in [0.717, 1.165) is 12.3 Å². The minimum atomic E-state index is -1.13. The number of carbonyl (C=O) groups is 1. The number of halogens is 2. The average molecular weight is 215 g/mol. The quantitative estimate of drug-likeness (QED) is 0.794. The molecule has 0 saturated heterocycles. The number of rotatable bonds is 1. The summed E-state index contributed by atoms with van der Waals surface area (Å²) in [5.41, 5.74) is 0.145. The molecule has 5 heteroatoms. The summed E-state index contributed by atoms with van der Waals surface area (Å²) in [5.74, 6) is -1.77. The van der Waals surface area contributed by atoms with E-state index >= 15 is 0 Å². The van der Waals surface area contributed by atoms with E-state index < -0.39 is 11.8 Å². The van der Waals surface area contributed by atoms with Gasteiger partial charge in [0.15, 0.2) is 0 Å². The van der Waals surface area contributed by atoms with Gasteiger partial charge in [-0.05, 0) is 6.07 Å². The normalized spacial score (nSPS) is 10.7. The van der Waals surface area contributed by atoms with Gasteiger partial charge in [-0.3, -0.25) is 0 Å². The molecule has 0 unspecified atom stereocenters. The van der Waals surface area contributed by atoms with Crippen LogP contribution in [0.15, 0.2) is 22.8 Å². The third-order valence-electron chi connectivity index (χ3n) is 1.85. The highest BCUT2D eigenvalue weighted by atomic mass is 35.5. The van der Waals surface area contributed by atoms with Crippen molar-refractivity contribution in [2.24, 2.45) is 0 Å². The van der Waals surface area contributed by atoms with Gasteiger partial charge in [0, 0.05) is 11.5 Å². The second kappa shape index (κ2) is 2.99. The molecule has 1 aromatic carbocycles. The Morgan fingerprint density at radius 3 is 2.86 bits per heavy atom. The number of aromatic carboxylic acids is 1. The molecule has 0 saturated carbocycles. The lowest BCUT2D eigenvalue weighted by atomic mass is 10.2. The number of fused-ring (bicyclic) bond motifs is 1. The molecule has 1 N–H and O–H groups in total. The van der Waals surface area contributed by atoms with Gasteiger partial charge in [-0.15, -0.1) is 0 Å². The Hall–Kier alpha value is -1.55. The van der Waals surface area contributed by atoms with Crippen LogP contribution in [-0.4, -0.2) is 11.1 Å². The maximum Gasteiger partial charge on any atom is 0.339 e. The smallest absolute Gasteiger partial charge is 0.339 e. The molecule has 1 heterocycles. The van der Waals surface area contributed by atoms with Crippen LogP contribution in [0.4, 0.5) is 4.39 Å². The van der Waals surface area contributed by atoms with Crippen LogP contribution in [0.3, 0.4) is 0 Å². The topological polar surface area (TPSA) is 50.4 Å². The van der Waals surface area contributed by atoms with Crippen LogP contribution >= 0.6 is 11.6 Å². The van der Waals surface area contributed by atoms with Crippen LogP contribution in [0, 0.1) is 5.82 Å². The van der Waals surface area contributed by atoms with Crippen molar-refractivity contribution in [1.29, 1.82) is 0 Å². The maximum atomic E-state index is 12.9. The van der Waals surface area contributed by atoms with Gasteiger partial charge in [-0.25, -0.2) is 9.18 Å². The second-order valence-electron chi connectivity index (χ2n) is 2.72. The zero-order valence-electron chi connectivity index (χ0n) is 6.75. The molecule has 0 fully saturated rings. The minimum absolute atomic E-state index is 0.0260. The summed E-state index contributed by atoms with van der Waals surface area (Å²) in [6.45, 7) is 0. The predicted molar refractivity (Wildman–Crippen MR) is 48.1 cm³/mol. The Kier molecular flexibility index (Phi) is 1.93.